The molecule has 0 atom stereocenters. The van der Waals surface area contributed by atoms with E-state index in [2.05, 4.69) is 40.8 Å². The van der Waals surface area contributed by atoms with Gasteiger partial charge in [0.05, 0.1) is 7.05 Å². The van der Waals surface area contributed by atoms with Crippen molar-refractivity contribution in [1.82, 2.24) is 44.8 Å². The minimum atomic E-state index is 0.137. The number of hydrogen-bond donors (Lipinski definition) is 3. The summed E-state index contributed by atoms with van der Waals surface area (Å²) in [6.07, 6.45) is 2.23. The van der Waals surface area contributed by atoms with Crippen molar-refractivity contribution in [3.05, 3.63) is 54.2 Å². The standard InChI is InChI=1S/C19H19N12O/c1-29-26-15(25-28-29)13-7-5-12(6-8-13)9-10-21-18-23-17(20)31-19(24-18)22-16(27-31)14-4-2-3-11-30(14)32/h2-8,11,32H,9-10H2,1H3,(H3,20,21,22,23,24,27)/q+1. The van der Waals surface area contributed by atoms with Crippen LogP contribution in [0.1, 0.15) is 5.56 Å². The van der Waals surface area contributed by atoms with Crippen LogP contribution < -0.4 is 15.8 Å². The first-order valence-electron chi connectivity index (χ1n) is 9.74. The Bertz CT molecular complexity index is 1390. The topological polar surface area (TPSA) is 162 Å². The number of benzene rings is 1. The number of nitrogens with one attached hydrogen (secondary N) is 1. The van der Waals surface area contributed by atoms with E-state index in [0.717, 1.165) is 22.3 Å². The Hall–Kier alpha value is -4.68. The molecule has 13 nitrogen and oxygen atoms in total. The molecule has 0 aliphatic rings. The lowest BCUT2D eigenvalue weighted by Crippen LogP contribution is -2.32. The van der Waals surface area contributed by atoms with Gasteiger partial charge in [0.1, 0.15) is 0 Å². The van der Waals surface area contributed by atoms with Crippen LogP contribution in [0.3, 0.4) is 0 Å². The van der Waals surface area contributed by atoms with E-state index in [0.29, 0.717) is 24.0 Å². The molecule has 32 heavy (non-hydrogen) atoms. The number of nitrogens with zero attached hydrogens (tertiary/aromatic N) is 10. The van der Waals surface area contributed by atoms with Gasteiger partial charge in [0.15, 0.2) is 0 Å². The van der Waals surface area contributed by atoms with Crippen molar-refractivity contribution in [3.63, 3.8) is 0 Å². The van der Waals surface area contributed by atoms with E-state index in [1.807, 2.05) is 24.3 Å². The zero-order valence-corrected chi connectivity index (χ0v) is 17.0. The molecule has 4 heterocycles. The molecule has 4 aromatic heterocycles. The summed E-state index contributed by atoms with van der Waals surface area (Å²) >= 11 is 0. The summed E-state index contributed by atoms with van der Waals surface area (Å²) in [6, 6.07) is 13.1. The van der Waals surface area contributed by atoms with Gasteiger partial charge in [-0.05, 0) is 23.3 Å². The maximum Gasteiger partial charge on any atom is 0.303 e. The molecule has 0 saturated carbocycles. The summed E-state index contributed by atoms with van der Waals surface area (Å²) < 4.78 is 2.26. The second kappa shape index (κ2) is 7.86. The quantitative estimate of drug-likeness (QED) is 0.249. The second-order valence-corrected chi connectivity index (χ2v) is 6.96. The number of fused-ring (bicyclic) bond motifs is 1. The normalized spacial score (nSPS) is 11.2. The molecule has 0 fully saturated rings. The highest BCUT2D eigenvalue weighted by Gasteiger charge is 2.19. The summed E-state index contributed by atoms with van der Waals surface area (Å²) in [5.74, 6) is 1.63. The van der Waals surface area contributed by atoms with Crippen LogP contribution in [0.15, 0.2) is 48.7 Å². The highest BCUT2D eigenvalue weighted by Crippen LogP contribution is 2.16. The second-order valence-electron chi connectivity index (χ2n) is 6.96. The SMILES string of the molecule is Cn1nnc(-c2ccc(CCNc3nc(N)n4nc(-c5cccc[n+]5O)nc4n3)cc2)n1. The predicted molar refractivity (Wildman–Crippen MR) is 112 cm³/mol. The maximum absolute atomic E-state index is 9.96. The third kappa shape index (κ3) is 3.74. The van der Waals surface area contributed by atoms with E-state index in [1.54, 1.807) is 25.2 Å². The molecule has 4 N–H and O–H groups in total. The van der Waals surface area contributed by atoms with E-state index >= 15 is 0 Å². The predicted octanol–water partition coefficient (Wildman–Crippen LogP) is 0.138. The Balaban J connectivity index is 1.28. The summed E-state index contributed by atoms with van der Waals surface area (Å²) in [4.78, 5) is 14.4. The fourth-order valence-corrected chi connectivity index (χ4v) is 3.14. The van der Waals surface area contributed by atoms with E-state index in [9.17, 15) is 5.21 Å². The lowest BCUT2D eigenvalue weighted by Gasteiger charge is -2.06. The molecule has 0 aliphatic carbocycles. The molecule has 0 radical (unpaired) electrons. The smallest absolute Gasteiger partial charge is 0.303 e. The third-order valence-corrected chi connectivity index (χ3v) is 4.72. The molecule has 1 aromatic carbocycles. The van der Waals surface area contributed by atoms with Gasteiger partial charge in [-0.25, -0.2) is 0 Å². The molecule has 0 bridgehead atoms. The van der Waals surface area contributed by atoms with Crippen molar-refractivity contribution in [1.29, 1.82) is 0 Å². The fourth-order valence-electron chi connectivity index (χ4n) is 3.14. The minimum absolute atomic E-state index is 0.137. The first-order valence-corrected chi connectivity index (χ1v) is 9.74. The van der Waals surface area contributed by atoms with Crippen molar-refractivity contribution in [3.8, 4) is 22.9 Å². The molecule has 0 saturated heterocycles. The van der Waals surface area contributed by atoms with Gasteiger partial charge in [0, 0.05) is 29.0 Å². The van der Waals surface area contributed by atoms with E-state index in [-0.39, 0.29) is 17.6 Å². The average molecular weight is 431 g/mol. The van der Waals surface area contributed by atoms with Gasteiger partial charge in [0.25, 0.3) is 11.6 Å². The van der Waals surface area contributed by atoms with Crippen LogP contribution in [-0.2, 0) is 13.5 Å². The monoisotopic (exact) mass is 431 g/mol. The molecule has 0 unspecified atom stereocenters. The van der Waals surface area contributed by atoms with Gasteiger partial charge in [0.2, 0.25) is 23.9 Å². The summed E-state index contributed by atoms with van der Waals surface area (Å²) in [5, 5.41) is 29.4. The number of rotatable bonds is 6. The first kappa shape index (κ1) is 19.3. The first-order chi connectivity index (χ1) is 15.6. The minimum Gasteiger partial charge on any atom is -0.368 e. The van der Waals surface area contributed by atoms with Crippen LogP contribution in [0.5, 0.6) is 0 Å². The van der Waals surface area contributed by atoms with Crippen molar-refractivity contribution < 1.29 is 9.94 Å². The Morgan fingerprint density at radius 1 is 1.03 bits per heavy atom. The number of pyridine rings is 1. The molecule has 13 heteroatoms. The highest BCUT2D eigenvalue weighted by molar-refractivity contribution is 5.54. The Morgan fingerprint density at radius 2 is 1.88 bits per heavy atom. The van der Waals surface area contributed by atoms with E-state index < -0.39 is 0 Å². The van der Waals surface area contributed by atoms with Crippen LogP contribution in [0, 0.1) is 0 Å². The van der Waals surface area contributed by atoms with Gasteiger partial charge in [-0.2, -0.15) is 24.3 Å². The largest absolute Gasteiger partial charge is 0.368 e. The van der Waals surface area contributed by atoms with Crippen LogP contribution in [-0.4, -0.2) is 56.5 Å². The van der Waals surface area contributed by atoms with Gasteiger partial charge < -0.3 is 11.1 Å². The number of anilines is 2. The molecule has 0 amide bonds. The third-order valence-electron chi connectivity index (χ3n) is 4.72. The lowest BCUT2D eigenvalue weighted by molar-refractivity contribution is -0.896. The Morgan fingerprint density at radius 3 is 2.62 bits per heavy atom. The highest BCUT2D eigenvalue weighted by atomic mass is 16.5. The zero-order valence-electron chi connectivity index (χ0n) is 17.0. The average Bonchev–Trinajstić information content (AvgIpc) is 3.41. The number of aromatic nitrogens is 10. The van der Waals surface area contributed by atoms with Crippen LogP contribution in [0.4, 0.5) is 11.9 Å². The number of nitrogens with two attached hydrogens (primary N) is 1. The van der Waals surface area contributed by atoms with Crippen molar-refractivity contribution >= 4 is 17.7 Å². The molecule has 5 aromatic rings. The van der Waals surface area contributed by atoms with Crippen molar-refractivity contribution in [2.75, 3.05) is 17.6 Å². The number of aryl methyl sites for hydroxylation is 1. The number of hydrogen-bond acceptors (Lipinski definition) is 10. The number of tetrazole rings is 1. The van der Waals surface area contributed by atoms with Crippen molar-refractivity contribution in [2.45, 2.75) is 6.42 Å². The summed E-state index contributed by atoms with van der Waals surface area (Å²) in [5.41, 5.74) is 8.46. The Labute approximate surface area is 181 Å². The van der Waals surface area contributed by atoms with Crippen molar-refractivity contribution in [2.24, 2.45) is 7.05 Å². The van der Waals surface area contributed by atoms with Gasteiger partial charge >= 0.3 is 5.69 Å². The maximum atomic E-state index is 9.96. The fraction of sp³-hybridized carbons (Fsp3) is 0.158. The molecule has 160 valence electrons. The van der Waals surface area contributed by atoms with Gasteiger partial charge in [-0.1, -0.05) is 24.3 Å². The van der Waals surface area contributed by atoms with Crippen LogP contribution in [0.25, 0.3) is 28.7 Å². The molecule has 0 aliphatic heterocycles. The summed E-state index contributed by atoms with van der Waals surface area (Å²) in [7, 11) is 1.73. The van der Waals surface area contributed by atoms with Crippen LogP contribution in [0.2, 0.25) is 0 Å². The molecule has 0 spiro atoms. The van der Waals surface area contributed by atoms with E-state index in [4.69, 9.17) is 5.73 Å². The number of nitrogen functional groups attached to an aromatic ring is 1. The zero-order chi connectivity index (χ0) is 22.1. The molecular weight excluding hydrogens is 412 g/mol. The van der Waals surface area contributed by atoms with Crippen LogP contribution >= 0.6 is 0 Å². The summed E-state index contributed by atoms with van der Waals surface area (Å²) in [6.45, 7) is 0.592. The lowest BCUT2D eigenvalue weighted by atomic mass is 10.1. The van der Waals surface area contributed by atoms with Gasteiger partial charge in [-0.15, -0.1) is 15.3 Å². The molecular formula is C19H19N12O+. The van der Waals surface area contributed by atoms with Gasteiger partial charge in [-0.3, -0.25) is 5.21 Å². The Kier molecular flexibility index (Phi) is 4.74. The molecule has 5 rings (SSSR count). The van der Waals surface area contributed by atoms with E-state index in [1.165, 1.54) is 15.5 Å².